The Labute approximate surface area is 102 Å². The van der Waals surface area contributed by atoms with E-state index < -0.39 is 0 Å². The SMILES string of the molecule is CC1CC1c1ccc(CN2CCC(CO)C2)o1. The molecule has 0 bridgehead atoms. The van der Waals surface area contributed by atoms with Crippen LogP contribution in [0.2, 0.25) is 0 Å². The fourth-order valence-electron chi connectivity index (χ4n) is 2.82. The van der Waals surface area contributed by atoms with Crippen LogP contribution in [0.5, 0.6) is 0 Å². The molecule has 17 heavy (non-hydrogen) atoms. The predicted octanol–water partition coefficient (Wildman–Crippen LogP) is 2.22. The number of likely N-dealkylation sites (tertiary alicyclic amines) is 1. The monoisotopic (exact) mass is 235 g/mol. The van der Waals surface area contributed by atoms with E-state index in [1.54, 1.807) is 0 Å². The Morgan fingerprint density at radius 2 is 2.29 bits per heavy atom. The van der Waals surface area contributed by atoms with Gasteiger partial charge in [-0.05, 0) is 43.4 Å². The molecule has 3 heteroatoms. The summed E-state index contributed by atoms with van der Waals surface area (Å²) < 4.78 is 5.90. The highest BCUT2D eigenvalue weighted by Crippen LogP contribution is 2.47. The number of rotatable bonds is 4. The van der Waals surface area contributed by atoms with Crippen molar-refractivity contribution < 1.29 is 9.52 Å². The van der Waals surface area contributed by atoms with E-state index in [0.29, 0.717) is 18.4 Å². The average Bonchev–Trinajstić information content (AvgIpc) is 2.79. The number of aliphatic hydroxyl groups excluding tert-OH is 1. The molecule has 2 fully saturated rings. The van der Waals surface area contributed by atoms with E-state index in [1.807, 2.05) is 0 Å². The first-order chi connectivity index (χ1) is 8.26. The molecule has 3 rings (SSSR count). The van der Waals surface area contributed by atoms with Crippen molar-refractivity contribution in [3.05, 3.63) is 23.7 Å². The Hall–Kier alpha value is -0.800. The minimum absolute atomic E-state index is 0.319. The Kier molecular flexibility index (Phi) is 2.97. The molecule has 2 heterocycles. The normalized spacial score (nSPS) is 33.2. The highest BCUT2D eigenvalue weighted by atomic mass is 16.3. The summed E-state index contributed by atoms with van der Waals surface area (Å²) in [6.07, 6.45) is 2.40. The Balaban J connectivity index is 1.56. The van der Waals surface area contributed by atoms with Gasteiger partial charge in [0.2, 0.25) is 0 Å². The van der Waals surface area contributed by atoms with Crippen LogP contribution in [-0.2, 0) is 6.54 Å². The lowest BCUT2D eigenvalue weighted by atomic mass is 10.1. The van der Waals surface area contributed by atoms with Gasteiger partial charge in [-0.1, -0.05) is 6.92 Å². The van der Waals surface area contributed by atoms with Gasteiger partial charge in [-0.3, -0.25) is 4.90 Å². The zero-order valence-electron chi connectivity index (χ0n) is 10.4. The molecule has 94 valence electrons. The summed E-state index contributed by atoms with van der Waals surface area (Å²) in [7, 11) is 0. The van der Waals surface area contributed by atoms with Crippen LogP contribution in [0.1, 0.15) is 37.2 Å². The van der Waals surface area contributed by atoms with Gasteiger partial charge in [0.05, 0.1) is 6.54 Å². The van der Waals surface area contributed by atoms with E-state index in [4.69, 9.17) is 9.52 Å². The molecule has 1 saturated carbocycles. The van der Waals surface area contributed by atoms with Crippen LogP contribution in [0.3, 0.4) is 0 Å². The van der Waals surface area contributed by atoms with E-state index in [9.17, 15) is 0 Å². The summed E-state index contributed by atoms with van der Waals surface area (Å²) in [6.45, 7) is 5.59. The summed E-state index contributed by atoms with van der Waals surface area (Å²) in [4.78, 5) is 2.37. The lowest BCUT2D eigenvalue weighted by Crippen LogP contribution is -2.20. The second kappa shape index (κ2) is 4.46. The lowest BCUT2D eigenvalue weighted by molar-refractivity contribution is 0.215. The number of hydrogen-bond acceptors (Lipinski definition) is 3. The van der Waals surface area contributed by atoms with Gasteiger partial charge in [-0.15, -0.1) is 0 Å². The molecular formula is C14H21NO2. The molecule has 1 aromatic heterocycles. The maximum atomic E-state index is 9.11. The second-order valence-corrected chi connectivity index (χ2v) is 5.70. The first-order valence-electron chi connectivity index (χ1n) is 6.68. The first-order valence-corrected chi connectivity index (χ1v) is 6.68. The average molecular weight is 235 g/mol. The van der Waals surface area contributed by atoms with E-state index in [2.05, 4.69) is 24.0 Å². The minimum Gasteiger partial charge on any atom is -0.464 e. The van der Waals surface area contributed by atoms with Gasteiger partial charge in [-0.2, -0.15) is 0 Å². The third-order valence-electron chi connectivity index (χ3n) is 4.16. The molecule has 0 aromatic carbocycles. The highest BCUT2D eigenvalue weighted by molar-refractivity contribution is 5.17. The third kappa shape index (κ3) is 2.40. The molecule has 3 unspecified atom stereocenters. The Bertz CT molecular complexity index is 387. The molecule has 1 aliphatic heterocycles. The van der Waals surface area contributed by atoms with E-state index in [1.165, 1.54) is 12.2 Å². The molecular weight excluding hydrogens is 214 g/mol. The first kappa shape index (κ1) is 11.3. The van der Waals surface area contributed by atoms with E-state index in [0.717, 1.165) is 37.7 Å². The molecule has 0 amide bonds. The quantitative estimate of drug-likeness (QED) is 0.869. The molecule has 1 saturated heterocycles. The molecule has 1 aliphatic carbocycles. The zero-order valence-corrected chi connectivity index (χ0v) is 10.4. The van der Waals surface area contributed by atoms with Gasteiger partial charge in [0, 0.05) is 19.1 Å². The molecule has 1 N–H and O–H groups in total. The van der Waals surface area contributed by atoms with Gasteiger partial charge < -0.3 is 9.52 Å². The van der Waals surface area contributed by atoms with Crippen molar-refractivity contribution >= 4 is 0 Å². The predicted molar refractivity (Wildman–Crippen MR) is 65.7 cm³/mol. The number of hydrogen-bond donors (Lipinski definition) is 1. The third-order valence-corrected chi connectivity index (χ3v) is 4.16. The van der Waals surface area contributed by atoms with Crippen molar-refractivity contribution in [1.82, 2.24) is 4.90 Å². The molecule has 2 aliphatic rings. The standard InChI is InChI=1S/C14H21NO2/c1-10-6-13(10)14-3-2-12(17-14)8-15-5-4-11(7-15)9-16/h2-3,10-11,13,16H,4-9H2,1H3. The maximum absolute atomic E-state index is 9.11. The number of aliphatic hydroxyl groups is 1. The van der Waals surface area contributed by atoms with Crippen molar-refractivity contribution in [2.24, 2.45) is 11.8 Å². The zero-order chi connectivity index (χ0) is 11.8. The summed E-state index contributed by atoms with van der Waals surface area (Å²) >= 11 is 0. The highest BCUT2D eigenvalue weighted by Gasteiger charge is 2.36. The van der Waals surface area contributed by atoms with E-state index in [-0.39, 0.29) is 0 Å². The van der Waals surface area contributed by atoms with Gasteiger partial charge in [0.15, 0.2) is 0 Å². The fourth-order valence-corrected chi connectivity index (χ4v) is 2.82. The fraction of sp³-hybridized carbons (Fsp3) is 0.714. The summed E-state index contributed by atoms with van der Waals surface area (Å²) in [5, 5.41) is 9.11. The lowest BCUT2D eigenvalue weighted by Gasteiger charge is -2.13. The second-order valence-electron chi connectivity index (χ2n) is 5.70. The van der Waals surface area contributed by atoms with Gasteiger partial charge in [-0.25, -0.2) is 0 Å². The van der Waals surface area contributed by atoms with Crippen LogP contribution in [0, 0.1) is 11.8 Å². The molecule has 3 nitrogen and oxygen atoms in total. The Morgan fingerprint density at radius 3 is 2.94 bits per heavy atom. The van der Waals surface area contributed by atoms with Crippen LogP contribution < -0.4 is 0 Å². The van der Waals surface area contributed by atoms with Crippen molar-refractivity contribution in [3.8, 4) is 0 Å². The van der Waals surface area contributed by atoms with Gasteiger partial charge in [0.1, 0.15) is 11.5 Å². The minimum atomic E-state index is 0.319. The van der Waals surface area contributed by atoms with Crippen molar-refractivity contribution in [2.45, 2.75) is 32.2 Å². The maximum Gasteiger partial charge on any atom is 0.118 e. The smallest absolute Gasteiger partial charge is 0.118 e. The number of furan rings is 1. The summed E-state index contributed by atoms with van der Waals surface area (Å²) in [5.41, 5.74) is 0. The van der Waals surface area contributed by atoms with Crippen molar-refractivity contribution in [1.29, 1.82) is 0 Å². The van der Waals surface area contributed by atoms with Crippen molar-refractivity contribution in [3.63, 3.8) is 0 Å². The molecule has 3 atom stereocenters. The van der Waals surface area contributed by atoms with Crippen LogP contribution in [0.15, 0.2) is 16.5 Å². The van der Waals surface area contributed by atoms with Crippen molar-refractivity contribution in [2.75, 3.05) is 19.7 Å². The van der Waals surface area contributed by atoms with Crippen LogP contribution in [-0.4, -0.2) is 29.7 Å². The van der Waals surface area contributed by atoms with Crippen LogP contribution >= 0.6 is 0 Å². The topological polar surface area (TPSA) is 36.6 Å². The van der Waals surface area contributed by atoms with Gasteiger partial charge >= 0.3 is 0 Å². The number of nitrogens with zero attached hydrogens (tertiary/aromatic N) is 1. The van der Waals surface area contributed by atoms with Gasteiger partial charge in [0.25, 0.3) is 0 Å². The van der Waals surface area contributed by atoms with Crippen LogP contribution in [0.25, 0.3) is 0 Å². The molecule has 0 radical (unpaired) electrons. The molecule has 1 aromatic rings. The Morgan fingerprint density at radius 1 is 1.47 bits per heavy atom. The van der Waals surface area contributed by atoms with E-state index >= 15 is 0 Å². The summed E-state index contributed by atoms with van der Waals surface area (Å²) in [6, 6.07) is 4.26. The summed E-state index contributed by atoms with van der Waals surface area (Å²) in [5.74, 6) is 4.20. The largest absolute Gasteiger partial charge is 0.464 e. The van der Waals surface area contributed by atoms with Crippen LogP contribution in [0.4, 0.5) is 0 Å². The molecule has 0 spiro atoms.